The van der Waals surface area contributed by atoms with Gasteiger partial charge in [-0.3, -0.25) is 0 Å². The second kappa shape index (κ2) is 3.14. The largest absolute Gasteiger partial charge is 0.463 e. The fraction of sp³-hybridized carbons (Fsp3) is 0.700. The molecule has 0 aromatic rings. The predicted octanol–water partition coefficient (Wildman–Crippen LogP) is 0.859. The maximum atomic E-state index is 11.3. The first-order chi connectivity index (χ1) is 6.26. The minimum Gasteiger partial charge on any atom is -0.463 e. The maximum Gasteiger partial charge on any atom is 0.333 e. The van der Waals surface area contributed by atoms with Crippen LogP contribution in [-0.4, -0.2) is 25.7 Å². The van der Waals surface area contributed by atoms with Gasteiger partial charge in [-0.25, -0.2) is 4.79 Å². The van der Waals surface area contributed by atoms with Gasteiger partial charge in [-0.15, -0.1) is 0 Å². The van der Waals surface area contributed by atoms with E-state index < -0.39 is 0 Å². The van der Waals surface area contributed by atoms with E-state index in [0.29, 0.717) is 12.0 Å². The molecule has 0 radical (unpaired) electrons. The molecule has 1 fully saturated rings. The molecule has 1 heterocycles. The second-order valence-electron chi connectivity index (χ2n) is 3.86. The molecule has 0 aromatic heterocycles. The Bertz CT molecular complexity index is 252. The van der Waals surface area contributed by atoms with E-state index in [1.54, 1.807) is 0 Å². The van der Waals surface area contributed by atoms with Gasteiger partial charge in [0, 0.05) is 17.5 Å². The van der Waals surface area contributed by atoms with Crippen LogP contribution in [0.1, 0.15) is 19.8 Å². The molecule has 72 valence electrons. The second-order valence-corrected chi connectivity index (χ2v) is 3.86. The number of carbonyl (C=O) groups is 1. The third-order valence-corrected chi connectivity index (χ3v) is 2.84. The summed E-state index contributed by atoms with van der Waals surface area (Å²) in [6.07, 6.45) is 4.15. The lowest BCUT2D eigenvalue weighted by atomic mass is 9.70. The molecule has 1 spiro atoms. The van der Waals surface area contributed by atoms with E-state index in [4.69, 9.17) is 4.74 Å². The molecule has 2 rings (SSSR count). The van der Waals surface area contributed by atoms with E-state index in [-0.39, 0.29) is 5.97 Å². The van der Waals surface area contributed by atoms with Gasteiger partial charge in [-0.05, 0) is 26.3 Å². The highest BCUT2D eigenvalue weighted by atomic mass is 16.5. The molecule has 1 N–H and O–H groups in total. The maximum absolute atomic E-state index is 11.3. The van der Waals surface area contributed by atoms with Gasteiger partial charge in [0.25, 0.3) is 0 Å². The summed E-state index contributed by atoms with van der Waals surface area (Å²) in [5, 5.41) is 3.31. The smallest absolute Gasteiger partial charge is 0.333 e. The third kappa shape index (κ3) is 1.48. The monoisotopic (exact) mass is 181 g/mol. The van der Waals surface area contributed by atoms with E-state index in [1.165, 1.54) is 0 Å². The molecule has 1 unspecified atom stereocenters. The zero-order valence-electron chi connectivity index (χ0n) is 7.93. The molecule has 2 aliphatic rings. The lowest BCUT2D eigenvalue weighted by Gasteiger charge is -2.34. The highest BCUT2D eigenvalue weighted by Crippen LogP contribution is 2.43. The van der Waals surface area contributed by atoms with Crippen molar-refractivity contribution >= 4 is 5.97 Å². The summed E-state index contributed by atoms with van der Waals surface area (Å²) in [4.78, 5) is 11.3. The standard InChI is InChI=1S/C10H15NO2/c1-2-13-9(12)8-5-10(6-8)3-4-11-7-10/h5,11H,2-4,6-7H2,1H3. The van der Waals surface area contributed by atoms with E-state index in [1.807, 2.05) is 6.92 Å². The Morgan fingerprint density at radius 2 is 2.54 bits per heavy atom. The summed E-state index contributed by atoms with van der Waals surface area (Å²) < 4.78 is 4.92. The molecule has 0 saturated carbocycles. The van der Waals surface area contributed by atoms with Gasteiger partial charge in [0.15, 0.2) is 0 Å². The van der Waals surface area contributed by atoms with Crippen molar-refractivity contribution < 1.29 is 9.53 Å². The number of carbonyl (C=O) groups excluding carboxylic acids is 1. The summed E-state index contributed by atoms with van der Waals surface area (Å²) >= 11 is 0. The molecule has 0 amide bonds. The van der Waals surface area contributed by atoms with Crippen LogP contribution in [0.15, 0.2) is 11.6 Å². The average molecular weight is 181 g/mol. The molecule has 3 nitrogen and oxygen atoms in total. The molecule has 3 heteroatoms. The average Bonchev–Trinajstić information content (AvgIpc) is 2.49. The minimum absolute atomic E-state index is 0.125. The number of rotatable bonds is 2. The van der Waals surface area contributed by atoms with Crippen LogP contribution >= 0.6 is 0 Å². The van der Waals surface area contributed by atoms with Crippen molar-refractivity contribution in [1.29, 1.82) is 0 Å². The van der Waals surface area contributed by atoms with Crippen molar-refractivity contribution in [3.8, 4) is 0 Å². The van der Waals surface area contributed by atoms with Crippen molar-refractivity contribution in [3.63, 3.8) is 0 Å². The van der Waals surface area contributed by atoms with E-state index in [9.17, 15) is 4.79 Å². The first-order valence-electron chi connectivity index (χ1n) is 4.85. The fourth-order valence-electron chi connectivity index (χ4n) is 2.11. The Morgan fingerprint density at radius 1 is 1.77 bits per heavy atom. The first-order valence-corrected chi connectivity index (χ1v) is 4.85. The van der Waals surface area contributed by atoms with E-state index >= 15 is 0 Å². The highest BCUT2D eigenvalue weighted by Gasteiger charge is 2.41. The molecule has 1 saturated heterocycles. The number of ether oxygens (including phenoxy) is 1. The molecule has 0 aromatic carbocycles. The molecule has 1 aliphatic heterocycles. The summed E-state index contributed by atoms with van der Waals surface area (Å²) in [7, 11) is 0. The Balaban J connectivity index is 1.95. The molecular formula is C10H15NO2. The molecule has 1 aliphatic carbocycles. The van der Waals surface area contributed by atoms with Crippen LogP contribution in [0.3, 0.4) is 0 Å². The molecule has 13 heavy (non-hydrogen) atoms. The first kappa shape index (κ1) is 8.75. The quantitative estimate of drug-likeness (QED) is 0.642. The minimum atomic E-state index is -0.125. The van der Waals surface area contributed by atoms with Crippen LogP contribution in [0.25, 0.3) is 0 Å². The topological polar surface area (TPSA) is 38.3 Å². The Morgan fingerprint density at radius 3 is 3.08 bits per heavy atom. The van der Waals surface area contributed by atoms with Crippen molar-refractivity contribution in [1.82, 2.24) is 5.32 Å². The fourth-order valence-corrected chi connectivity index (χ4v) is 2.11. The lowest BCUT2D eigenvalue weighted by molar-refractivity contribution is -0.139. The van der Waals surface area contributed by atoms with Gasteiger partial charge in [-0.1, -0.05) is 6.08 Å². The molecule has 1 atom stereocenters. The van der Waals surface area contributed by atoms with Crippen LogP contribution in [0.4, 0.5) is 0 Å². The number of nitrogens with one attached hydrogen (secondary N) is 1. The van der Waals surface area contributed by atoms with Crippen molar-refractivity contribution in [3.05, 3.63) is 11.6 Å². The summed E-state index contributed by atoms with van der Waals surface area (Å²) in [5.74, 6) is -0.125. The van der Waals surface area contributed by atoms with Gasteiger partial charge < -0.3 is 10.1 Å². The van der Waals surface area contributed by atoms with Gasteiger partial charge >= 0.3 is 5.97 Å². The van der Waals surface area contributed by atoms with Gasteiger partial charge in [0.05, 0.1) is 6.61 Å². The number of esters is 1. The SMILES string of the molecule is CCOC(=O)C1=CC2(CCNC2)C1. The lowest BCUT2D eigenvalue weighted by Crippen LogP contribution is -2.33. The van der Waals surface area contributed by atoms with Crippen molar-refractivity contribution in [2.75, 3.05) is 19.7 Å². The van der Waals surface area contributed by atoms with Gasteiger partial charge in [0.1, 0.15) is 0 Å². The molecular weight excluding hydrogens is 166 g/mol. The van der Waals surface area contributed by atoms with E-state index in [0.717, 1.165) is 31.5 Å². The summed E-state index contributed by atoms with van der Waals surface area (Å²) in [5.41, 5.74) is 1.16. The Labute approximate surface area is 78.1 Å². The van der Waals surface area contributed by atoms with Gasteiger partial charge in [-0.2, -0.15) is 0 Å². The van der Waals surface area contributed by atoms with Crippen molar-refractivity contribution in [2.45, 2.75) is 19.8 Å². The van der Waals surface area contributed by atoms with Crippen LogP contribution in [0.5, 0.6) is 0 Å². The normalized spacial score (nSPS) is 31.3. The van der Waals surface area contributed by atoms with Crippen LogP contribution < -0.4 is 5.32 Å². The van der Waals surface area contributed by atoms with Crippen LogP contribution in [-0.2, 0) is 9.53 Å². The number of hydrogen-bond acceptors (Lipinski definition) is 3. The zero-order valence-corrected chi connectivity index (χ0v) is 7.93. The zero-order chi connectivity index (χ0) is 9.31. The molecule has 0 bridgehead atoms. The Hall–Kier alpha value is -0.830. The Kier molecular flexibility index (Phi) is 2.12. The van der Waals surface area contributed by atoms with Crippen LogP contribution in [0.2, 0.25) is 0 Å². The van der Waals surface area contributed by atoms with Crippen molar-refractivity contribution in [2.24, 2.45) is 5.41 Å². The van der Waals surface area contributed by atoms with E-state index in [2.05, 4.69) is 11.4 Å². The van der Waals surface area contributed by atoms with Gasteiger partial charge in [0.2, 0.25) is 0 Å². The number of hydrogen-bond donors (Lipinski definition) is 1. The van der Waals surface area contributed by atoms with Crippen LogP contribution in [0, 0.1) is 5.41 Å². The highest BCUT2D eigenvalue weighted by molar-refractivity contribution is 5.90. The summed E-state index contributed by atoms with van der Waals surface area (Å²) in [6.45, 7) is 4.41. The summed E-state index contributed by atoms with van der Waals surface area (Å²) in [6, 6.07) is 0. The third-order valence-electron chi connectivity index (χ3n) is 2.84. The predicted molar refractivity (Wildman–Crippen MR) is 49.3 cm³/mol.